The zero-order chi connectivity index (χ0) is 10.4. The topological polar surface area (TPSA) is 43.3 Å². The van der Waals surface area contributed by atoms with Crippen LogP contribution in [0, 0.1) is 0 Å². The van der Waals surface area contributed by atoms with Crippen molar-refractivity contribution in [2.75, 3.05) is 0 Å². The van der Waals surface area contributed by atoms with Crippen molar-refractivity contribution in [1.29, 1.82) is 0 Å². The minimum absolute atomic E-state index is 0.554. The van der Waals surface area contributed by atoms with Gasteiger partial charge in [0.25, 0.3) is 0 Å². The molecule has 0 unspecified atom stereocenters. The van der Waals surface area contributed by atoms with Gasteiger partial charge in [-0.3, -0.25) is 0 Å². The number of nitrogens with two attached hydrogens (primary N) is 1. The first kappa shape index (κ1) is 9.36. The smallest absolute Gasteiger partial charge is 0.132 e. The van der Waals surface area contributed by atoms with Crippen LogP contribution in [-0.2, 0) is 6.54 Å². The summed E-state index contributed by atoms with van der Waals surface area (Å²) in [5.41, 5.74) is 7.99. The summed E-state index contributed by atoms with van der Waals surface area (Å²) in [5, 5.41) is 0. The normalized spacial score (nSPS) is 16.1. The third kappa shape index (κ3) is 1.40. The lowest BCUT2D eigenvalue weighted by molar-refractivity contribution is 0.913. The molecule has 1 aliphatic rings. The average molecular weight is 266 g/mol. The number of hydrogen-bond donors (Lipinski definition) is 1. The quantitative estimate of drug-likeness (QED) is 0.907. The van der Waals surface area contributed by atoms with Crippen molar-refractivity contribution in [2.45, 2.75) is 25.3 Å². The zero-order valence-electron chi connectivity index (χ0n) is 8.28. The summed E-state index contributed by atoms with van der Waals surface area (Å²) >= 11 is 3.52. The van der Waals surface area contributed by atoms with E-state index in [1.54, 1.807) is 0 Å². The van der Waals surface area contributed by atoms with Crippen molar-refractivity contribution in [3.63, 3.8) is 0 Å². The van der Waals surface area contributed by atoms with Crippen LogP contribution in [0.5, 0.6) is 0 Å². The van der Waals surface area contributed by atoms with Crippen LogP contribution in [0.1, 0.15) is 30.1 Å². The molecule has 1 saturated carbocycles. The van der Waals surface area contributed by atoms with Gasteiger partial charge in [-0.15, -0.1) is 0 Å². The van der Waals surface area contributed by atoms with Gasteiger partial charge in [-0.1, -0.05) is 6.07 Å². The van der Waals surface area contributed by atoms with Gasteiger partial charge in [0.05, 0.1) is 5.52 Å². The molecule has 0 amide bonds. The second kappa shape index (κ2) is 3.32. The average Bonchev–Trinajstić information content (AvgIpc) is 3.04. The molecule has 2 aromatic heterocycles. The van der Waals surface area contributed by atoms with Crippen LogP contribution >= 0.6 is 15.9 Å². The van der Waals surface area contributed by atoms with E-state index in [0.717, 1.165) is 15.7 Å². The van der Waals surface area contributed by atoms with Crippen LogP contribution in [-0.4, -0.2) is 9.38 Å². The molecule has 3 nitrogen and oxygen atoms in total. The van der Waals surface area contributed by atoms with Crippen LogP contribution in [0.3, 0.4) is 0 Å². The van der Waals surface area contributed by atoms with Crippen molar-refractivity contribution < 1.29 is 0 Å². The summed E-state index contributed by atoms with van der Waals surface area (Å²) in [7, 11) is 0. The van der Waals surface area contributed by atoms with Crippen molar-refractivity contribution in [3.8, 4) is 0 Å². The summed E-state index contributed by atoms with van der Waals surface area (Å²) in [6.07, 6.45) is 4.59. The Kier molecular flexibility index (Phi) is 2.07. The summed E-state index contributed by atoms with van der Waals surface area (Å²) < 4.78 is 3.09. The fraction of sp³-hybridized carbons (Fsp3) is 0.364. The lowest BCUT2D eigenvalue weighted by Crippen LogP contribution is -2.00. The predicted molar refractivity (Wildman–Crippen MR) is 62.8 cm³/mol. The van der Waals surface area contributed by atoms with E-state index in [-0.39, 0.29) is 0 Å². The number of hydrogen-bond acceptors (Lipinski definition) is 2. The summed E-state index contributed by atoms with van der Waals surface area (Å²) in [6.45, 7) is 0.554. The Bertz CT molecular complexity index is 514. The molecule has 0 aromatic carbocycles. The molecule has 0 radical (unpaired) electrons. The largest absolute Gasteiger partial charge is 0.326 e. The highest BCUT2D eigenvalue weighted by molar-refractivity contribution is 9.10. The molecular formula is C11H12BrN3. The maximum absolute atomic E-state index is 5.72. The first-order valence-corrected chi connectivity index (χ1v) is 5.96. The van der Waals surface area contributed by atoms with Crippen molar-refractivity contribution in [1.82, 2.24) is 9.38 Å². The molecule has 2 heterocycles. The van der Waals surface area contributed by atoms with Crippen LogP contribution in [0.4, 0.5) is 0 Å². The molecule has 0 atom stereocenters. The van der Waals surface area contributed by atoms with Crippen LogP contribution in [0.15, 0.2) is 22.9 Å². The molecule has 1 aliphatic carbocycles. The van der Waals surface area contributed by atoms with E-state index in [9.17, 15) is 0 Å². The number of fused-ring (bicyclic) bond motifs is 1. The first-order valence-electron chi connectivity index (χ1n) is 5.16. The van der Waals surface area contributed by atoms with Gasteiger partial charge < -0.3 is 10.1 Å². The summed E-state index contributed by atoms with van der Waals surface area (Å²) in [6, 6.07) is 4.09. The van der Waals surface area contributed by atoms with Gasteiger partial charge in [0.2, 0.25) is 0 Å². The summed E-state index contributed by atoms with van der Waals surface area (Å²) in [4.78, 5) is 4.58. The Hall–Kier alpha value is -0.870. The number of aromatic nitrogens is 2. The summed E-state index contributed by atoms with van der Waals surface area (Å²) in [5.74, 6) is 1.82. The standard InChI is InChI=1S/C11H12BrN3/c12-10-9-8(6-13)2-1-5-15(9)11(14-10)7-3-4-7/h1-2,5,7H,3-4,6,13H2. The molecule has 2 N–H and O–H groups in total. The van der Waals surface area contributed by atoms with E-state index in [1.807, 2.05) is 6.07 Å². The third-order valence-corrected chi connectivity index (χ3v) is 3.45. The van der Waals surface area contributed by atoms with E-state index >= 15 is 0 Å². The van der Waals surface area contributed by atoms with Gasteiger partial charge in [0.1, 0.15) is 10.4 Å². The van der Waals surface area contributed by atoms with Gasteiger partial charge in [0, 0.05) is 18.7 Å². The Morgan fingerprint density at radius 3 is 3.00 bits per heavy atom. The molecule has 15 heavy (non-hydrogen) atoms. The number of pyridine rings is 1. The fourth-order valence-corrected chi connectivity index (χ4v) is 2.61. The van der Waals surface area contributed by atoms with Crippen molar-refractivity contribution >= 4 is 21.4 Å². The molecule has 2 aromatic rings. The van der Waals surface area contributed by atoms with Crippen LogP contribution in [0.2, 0.25) is 0 Å². The highest BCUT2D eigenvalue weighted by atomic mass is 79.9. The molecule has 1 fully saturated rings. The number of nitrogens with zero attached hydrogens (tertiary/aromatic N) is 2. The van der Waals surface area contributed by atoms with Gasteiger partial charge in [0.15, 0.2) is 0 Å². The van der Waals surface area contributed by atoms with Crippen LogP contribution in [0.25, 0.3) is 5.52 Å². The molecule has 0 bridgehead atoms. The molecular weight excluding hydrogens is 254 g/mol. The number of halogens is 1. The van der Waals surface area contributed by atoms with E-state index in [1.165, 1.54) is 18.7 Å². The molecule has 78 valence electrons. The Morgan fingerprint density at radius 2 is 2.33 bits per heavy atom. The van der Waals surface area contributed by atoms with E-state index in [2.05, 4.69) is 37.6 Å². The monoisotopic (exact) mass is 265 g/mol. The number of imidazole rings is 1. The van der Waals surface area contributed by atoms with E-state index < -0.39 is 0 Å². The van der Waals surface area contributed by atoms with Crippen molar-refractivity contribution in [3.05, 3.63) is 34.3 Å². The van der Waals surface area contributed by atoms with Crippen molar-refractivity contribution in [2.24, 2.45) is 5.73 Å². The van der Waals surface area contributed by atoms with Gasteiger partial charge in [-0.25, -0.2) is 4.98 Å². The molecule has 0 aliphatic heterocycles. The second-order valence-corrected chi connectivity index (χ2v) is 4.74. The minimum Gasteiger partial charge on any atom is -0.326 e. The Balaban J connectivity index is 2.32. The first-order chi connectivity index (χ1) is 7.31. The molecule has 3 rings (SSSR count). The molecule has 0 saturated heterocycles. The highest BCUT2D eigenvalue weighted by Crippen LogP contribution is 2.41. The minimum atomic E-state index is 0.554. The van der Waals surface area contributed by atoms with E-state index in [4.69, 9.17) is 5.73 Å². The highest BCUT2D eigenvalue weighted by Gasteiger charge is 2.29. The Labute approximate surface area is 96.4 Å². The van der Waals surface area contributed by atoms with Gasteiger partial charge in [-0.2, -0.15) is 0 Å². The predicted octanol–water partition coefficient (Wildman–Crippen LogP) is 2.43. The molecule has 4 heteroatoms. The van der Waals surface area contributed by atoms with E-state index in [0.29, 0.717) is 12.5 Å². The third-order valence-electron chi connectivity index (χ3n) is 2.89. The second-order valence-electron chi connectivity index (χ2n) is 3.99. The number of rotatable bonds is 2. The fourth-order valence-electron chi connectivity index (χ4n) is 1.98. The lowest BCUT2D eigenvalue weighted by Gasteiger charge is -2.02. The van der Waals surface area contributed by atoms with Crippen LogP contribution < -0.4 is 5.73 Å². The molecule has 0 spiro atoms. The lowest BCUT2D eigenvalue weighted by atomic mass is 10.2. The SMILES string of the molecule is NCc1cccn2c(C3CC3)nc(Br)c12. The van der Waals surface area contributed by atoms with Gasteiger partial charge >= 0.3 is 0 Å². The zero-order valence-corrected chi connectivity index (χ0v) is 9.87. The maximum atomic E-state index is 5.72. The Morgan fingerprint density at radius 1 is 1.53 bits per heavy atom. The van der Waals surface area contributed by atoms with Gasteiger partial charge in [-0.05, 0) is 40.4 Å². The maximum Gasteiger partial charge on any atom is 0.132 e.